The molecule has 1 heterocycles. The number of nitrogens with one attached hydrogen (secondary N) is 1. The number of hydrogen-bond donors (Lipinski definition) is 2. The Morgan fingerprint density at radius 1 is 1.46 bits per heavy atom. The Bertz CT molecular complexity index is 164. The second-order valence-electron chi connectivity index (χ2n) is 4.46. The van der Waals surface area contributed by atoms with Crippen LogP contribution in [0.4, 0.5) is 0 Å². The fourth-order valence-electron chi connectivity index (χ4n) is 2.29. The molecule has 0 bridgehead atoms. The van der Waals surface area contributed by atoms with Crippen LogP contribution in [0.15, 0.2) is 0 Å². The van der Waals surface area contributed by atoms with E-state index in [0.29, 0.717) is 6.04 Å². The van der Waals surface area contributed by atoms with E-state index in [4.69, 9.17) is 5.11 Å². The van der Waals surface area contributed by atoms with Crippen molar-refractivity contribution in [3.63, 3.8) is 0 Å². The molecule has 1 saturated heterocycles. The molecule has 1 aliphatic carbocycles. The predicted molar refractivity (Wildman–Crippen MR) is 52.6 cm³/mol. The van der Waals surface area contributed by atoms with Gasteiger partial charge in [-0.3, -0.25) is 4.90 Å². The van der Waals surface area contributed by atoms with E-state index in [1.807, 2.05) is 0 Å². The molecule has 1 atom stereocenters. The topological polar surface area (TPSA) is 35.5 Å². The van der Waals surface area contributed by atoms with Crippen molar-refractivity contribution in [2.45, 2.75) is 31.4 Å². The van der Waals surface area contributed by atoms with Gasteiger partial charge in [0.2, 0.25) is 0 Å². The Balaban J connectivity index is 1.71. The summed E-state index contributed by atoms with van der Waals surface area (Å²) in [5, 5.41) is 12.5. The van der Waals surface area contributed by atoms with Gasteiger partial charge in [-0.15, -0.1) is 0 Å². The van der Waals surface area contributed by atoms with Crippen molar-refractivity contribution in [1.29, 1.82) is 0 Å². The summed E-state index contributed by atoms with van der Waals surface area (Å²) in [7, 11) is 2.05. The first-order valence-electron chi connectivity index (χ1n) is 5.37. The summed E-state index contributed by atoms with van der Waals surface area (Å²) in [5.74, 6) is 0.891. The predicted octanol–water partition coefficient (Wildman–Crippen LogP) is 0.0510. The van der Waals surface area contributed by atoms with Crippen LogP contribution in [0, 0.1) is 5.92 Å². The summed E-state index contributed by atoms with van der Waals surface area (Å²) in [4.78, 5) is 2.34. The number of likely N-dealkylation sites (N-methyl/N-ethyl adjacent to an activating group) is 1. The van der Waals surface area contributed by atoms with Crippen molar-refractivity contribution in [3.05, 3.63) is 0 Å². The van der Waals surface area contributed by atoms with E-state index in [1.165, 1.54) is 19.3 Å². The van der Waals surface area contributed by atoms with Crippen molar-refractivity contribution < 1.29 is 5.11 Å². The van der Waals surface area contributed by atoms with Crippen LogP contribution in [-0.4, -0.2) is 48.8 Å². The van der Waals surface area contributed by atoms with Crippen LogP contribution in [0.25, 0.3) is 0 Å². The van der Waals surface area contributed by atoms with E-state index < -0.39 is 0 Å². The van der Waals surface area contributed by atoms with Crippen LogP contribution in [-0.2, 0) is 0 Å². The highest BCUT2D eigenvalue weighted by atomic mass is 16.3. The average molecular weight is 184 g/mol. The van der Waals surface area contributed by atoms with E-state index >= 15 is 0 Å². The summed E-state index contributed by atoms with van der Waals surface area (Å²) in [6, 6.07) is 0.654. The molecule has 0 amide bonds. The van der Waals surface area contributed by atoms with Gasteiger partial charge in [-0.1, -0.05) is 6.42 Å². The molecule has 0 radical (unpaired) electrons. The minimum atomic E-state index is -0.0566. The quantitative estimate of drug-likeness (QED) is 0.648. The monoisotopic (exact) mass is 184 g/mol. The standard InChI is InChI=1S/C10H20N2O/c1-11-10(8-3-2-4-8)7-12-5-9(13)6-12/h8-11,13H,2-7H2,1H3/t10-/m1/s1. The number of rotatable bonds is 4. The summed E-state index contributed by atoms with van der Waals surface area (Å²) in [6.45, 7) is 2.88. The molecular weight excluding hydrogens is 164 g/mol. The molecule has 0 aromatic heterocycles. The maximum absolute atomic E-state index is 9.15. The van der Waals surface area contributed by atoms with E-state index in [2.05, 4.69) is 17.3 Å². The van der Waals surface area contributed by atoms with Crippen LogP contribution >= 0.6 is 0 Å². The van der Waals surface area contributed by atoms with Crippen LogP contribution in [0.2, 0.25) is 0 Å². The lowest BCUT2D eigenvalue weighted by Crippen LogP contribution is -2.56. The Hall–Kier alpha value is -0.120. The second-order valence-corrected chi connectivity index (χ2v) is 4.46. The van der Waals surface area contributed by atoms with Crippen molar-refractivity contribution >= 4 is 0 Å². The number of aliphatic hydroxyl groups excluding tert-OH is 1. The van der Waals surface area contributed by atoms with Gasteiger partial charge in [0.05, 0.1) is 6.10 Å². The lowest BCUT2D eigenvalue weighted by molar-refractivity contribution is -0.00935. The molecule has 2 N–H and O–H groups in total. The Kier molecular flexibility index (Phi) is 2.86. The Labute approximate surface area is 80.1 Å². The molecule has 1 saturated carbocycles. The molecule has 2 rings (SSSR count). The lowest BCUT2D eigenvalue weighted by atomic mass is 9.79. The van der Waals surface area contributed by atoms with Gasteiger partial charge in [0.25, 0.3) is 0 Å². The van der Waals surface area contributed by atoms with E-state index in [0.717, 1.165) is 25.6 Å². The SMILES string of the molecule is CN[C@H](CN1CC(O)C1)C1CCC1. The highest BCUT2D eigenvalue weighted by Crippen LogP contribution is 2.30. The van der Waals surface area contributed by atoms with Gasteiger partial charge in [0.1, 0.15) is 0 Å². The van der Waals surface area contributed by atoms with Gasteiger partial charge < -0.3 is 10.4 Å². The van der Waals surface area contributed by atoms with Crippen molar-refractivity contribution in [1.82, 2.24) is 10.2 Å². The zero-order valence-electron chi connectivity index (χ0n) is 8.37. The van der Waals surface area contributed by atoms with Gasteiger partial charge >= 0.3 is 0 Å². The number of likely N-dealkylation sites (tertiary alicyclic amines) is 1. The Morgan fingerprint density at radius 2 is 2.15 bits per heavy atom. The van der Waals surface area contributed by atoms with Crippen LogP contribution in [0.5, 0.6) is 0 Å². The van der Waals surface area contributed by atoms with Crippen LogP contribution < -0.4 is 5.32 Å². The van der Waals surface area contributed by atoms with E-state index in [-0.39, 0.29) is 6.10 Å². The summed E-state index contributed by atoms with van der Waals surface area (Å²) < 4.78 is 0. The summed E-state index contributed by atoms with van der Waals surface area (Å²) in [5.41, 5.74) is 0. The van der Waals surface area contributed by atoms with Gasteiger partial charge in [-0.05, 0) is 25.8 Å². The molecule has 2 fully saturated rings. The molecule has 0 spiro atoms. The third kappa shape index (κ3) is 2.03. The average Bonchev–Trinajstić information content (AvgIpc) is 1.96. The number of aliphatic hydroxyl groups is 1. The van der Waals surface area contributed by atoms with E-state index in [9.17, 15) is 0 Å². The summed E-state index contributed by atoms with van der Waals surface area (Å²) >= 11 is 0. The van der Waals surface area contributed by atoms with Gasteiger partial charge in [-0.2, -0.15) is 0 Å². The van der Waals surface area contributed by atoms with Gasteiger partial charge in [0.15, 0.2) is 0 Å². The van der Waals surface area contributed by atoms with Crippen molar-refractivity contribution in [3.8, 4) is 0 Å². The van der Waals surface area contributed by atoms with Gasteiger partial charge in [-0.25, -0.2) is 0 Å². The first-order chi connectivity index (χ1) is 6.29. The molecule has 0 unspecified atom stereocenters. The first-order valence-corrected chi connectivity index (χ1v) is 5.37. The molecule has 1 aliphatic heterocycles. The second kappa shape index (κ2) is 3.95. The number of hydrogen-bond acceptors (Lipinski definition) is 3. The fraction of sp³-hybridized carbons (Fsp3) is 1.00. The zero-order valence-corrected chi connectivity index (χ0v) is 8.37. The molecule has 0 aromatic carbocycles. The molecule has 0 aromatic rings. The van der Waals surface area contributed by atoms with Crippen LogP contribution in [0.3, 0.4) is 0 Å². The molecule has 2 aliphatic rings. The summed E-state index contributed by atoms with van der Waals surface area (Å²) in [6.07, 6.45) is 4.13. The molecule has 76 valence electrons. The van der Waals surface area contributed by atoms with Crippen LogP contribution in [0.1, 0.15) is 19.3 Å². The molecule has 3 heteroatoms. The van der Waals surface area contributed by atoms with Gasteiger partial charge in [0, 0.05) is 25.7 Å². The zero-order chi connectivity index (χ0) is 9.26. The molecule has 3 nitrogen and oxygen atoms in total. The number of nitrogens with zero attached hydrogens (tertiary/aromatic N) is 1. The minimum absolute atomic E-state index is 0.0566. The van der Waals surface area contributed by atoms with E-state index in [1.54, 1.807) is 0 Å². The van der Waals surface area contributed by atoms with Crippen molar-refractivity contribution in [2.75, 3.05) is 26.7 Å². The largest absolute Gasteiger partial charge is 0.390 e. The third-order valence-electron chi connectivity index (χ3n) is 3.48. The lowest BCUT2D eigenvalue weighted by Gasteiger charge is -2.42. The number of β-amino-alcohol motifs (C(OH)–C–C–N with tert-alkyl or cyclic N) is 1. The molecular formula is C10H20N2O. The third-order valence-corrected chi connectivity index (χ3v) is 3.48. The smallest absolute Gasteiger partial charge is 0.0793 e. The maximum atomic E-state index is 9.15. The fourth-order valence-corrected chi connectivity index (χ4v) is 2.29. The highest BCUT2D eigenvalue weighted by Gasteiger charge is 2.31. The maximum Gasteiger partial charge on any atom is 0.0793 e. The first kappa shape index (κ1) is 9.44. The molecule has 13 heavy (non-hydrogen) atoms. The van der Waals surface area contributed by atoms with Crippen molar-refractivity contribution in [2.24, 2.45) is 5.92 Å². The Morgan fingerprint density at radius 3 is 2.54 bits per heavy atom. The highest BCUT2D eigenvalue weighted by molar-refractivity contribution is 4.88. The normalized spacial score (nSPS) is 28.2. The minimum Gasteiger partial charge on any atom is -0.390 e.